The molecule has 0 spiro atoms. The molecule has 1 saturated heterocycles. The van der Waals surface area contributed by atoms with Gasteiger partial charge in [0.25, 0.3) is 0 Å². The van der Waals surface area contributed by atoms with E-state index in [4.69, 9.17) is 16.1 Å². The van der Waals surface area contributed by atoms with Crippen molar-refractivity contribution in [1.82, 2.24) is 0 Å². The molecule has 0 bridgehead atoms. The number of benzene rings is 4. The molecule has 0 aliphatic carbocycles. The van der Waals surface area contributed by atoms with E-state index < -0.39 is 6.83 Å². The van der Waals surface area contributed by atoms with Gasteiger partial charge >= 0.3 is 177 Å². The zero-order valence-corrected chi connectivity index (χ0v) is 17.6. The van der Waals surface area contributed by atoms with Crippen LogP contribution in [0.5, 0.6) is 0 Å². The van der Waals surface area contributed by atoms with Crippen LogP contribution in [0.25, 0.3) is 0 Å². The summed E-state index contributed by atoms with van der Waals surface area (Å²) < 4.78 is 7.19. The van der Waals surface area contributed by atoms with E-state index in [1.807, 2.05) is 12.1 Å². The van der Waals surface area contributed by atoms with Crippen molar-refractivity contribution in [3.63, 3.8) is 0 Å². The van der Waals surface area contributed by atoms with Gasteiger partial charge in [-0.25, -0.2) is 0 Å². The van der Waals surface area contributed by atoms with E-state index in [0.29, 0.717) is 0 Å². The Kier molecular flexibility index (Phi) is 4.56. The third-order valence-electron chi connectivity index (χ3n) is 6.02. The Morgan fingerprint density at radius 2 is 0.966 bits per heavy atom. The molecule has 0 saturated carbocycles. The van der Waals surface area contributed by atoms with Crippen molar-refractivity contribution in [1.29, 1.82) is 0 Å². The molecular weight excluding hydrogens is 395 g/mol. The summed E-state index contributed by atoms with van der Waals surface area (Å²) in [7, 11) is 0. The summed E-state index contributed by atoms with van der Waals surface area (Å²) >= 11 is 6.12. The molecule has 3 heteroatoms. The molecule has 144 valence electrons. The van der Waals surface area contributed by atoms with Gasteiger partial charge in [-0.05, 0) is 0 Å². The third-order valence-corrected chi connectivity index (χ3v) is 12.2. The molecule has 0 radical (unpaired) electrons. The van der Waals surface area contributed by atoms with E-state index in [0.717, 1.165) is 11.2 Å². The zero-order valence-electron chi connectivity index (χ0n) is 16.0. The molecule has 1 aliphatic heterocycles. The Hall–Kier alpha value is -2.44. The predicted octanol–water partition coefficient (Wildman–Crippen LogP) is 5.86. The Morgan fingerprint density at radius 3 is 1.34 bits per heavy atom. The first-order valence-electron chi connectivity index (χ1n) is 9.84. The van der Waals surface area contributed by atoms with Crippen LogP contribution in [0.15, 0.2) is 115 Å². The van der Waals surface area contributed by atoms with Gasteiger partial charge in [-0.2, -0.15) is 0 Å². The zero-order chi connectivity index (χ0) is 19.8. The second-order valence-corrected chi connectivity index (χ2v) is 12.5. The number of hydrogen-bond donors (Lipinski definition) is 0. The molecule has 0 aromatic heterocycles. The van der Waals surface area contributed by atoms with Crippen LogP contribution in [0.3, 0.4) is 0 Å². The minimum atomic E-state index is -3.02. The van der Waals surface area contributed by atoms with E-state index in [1.54, 1.807) is 0 Å². The van der Waals surface area contributed by atoms with E-state index in [9.17, 15) is 0 Å². The Labute approximate surface area is 176 Å². The van der Waals surface area contributed by atoms with Crippen LogP contribution in [-0.4, -0.2) is 6.16 Å². The molecule has 1 aliphatic rings. The van der Waals surface area contributed by atoms with Gasteiger partial charge in [-0.1, -0.05) is 0 Å². The van der Waals surface area contributed by atoms with Crippen molar-refractivity contribution in [2.24, 2.45) is 0 Å². The molecule has 0 amide bonds. The summed E-state index contributed by atoms with van der Waals surface area (Å²) in [5.74, 6) is 0. The molecule has 4 aromatic rings. The summed E-state index contributed by atoms with van der Waals surface area (Å²) in [6, 6.07) is 40.4. The SMILES string of the molecule is Clc1ccc(C2CP(c3ccccc3)(c3ccccc3)(c3ccccc3)O2)cc1. The first-order chi connectivity index (χ1) is 14.2. The first kappa shape index (κ1) is 18.6. The summed E-state index contributed by atoms with van der Waals surface area (Å²) in [6.45, 7) is -3.02. The molecule has 1 atom stereocenters. The fourth-order valence-electron chi connectivity index (χ4n) is 4.61. The fraction of sp³-hybridized carbons (Fsp3) is 0.0769. The van der Waals surface area contributed by atoms with Crippen molar-refractivity contribution in [2.75, 3.05) is 6.16 Å². The average molecular weight is 417 g/mol. The summed E-state index contributed by atoms with van der Waals surface area (Å²) in [5.41, 5.74) is 1.18. The van der Waals surface area contributed by atoms with E-state index in [1.165, 1.54) is 21.5 Å². The number of rotatable bonds is 4. The van der Waals surface area contributed by atoms with Gasteiger partial charge in [0.15, 0.2) is 0 Å². The Bertz CT molecular complexity index is 1000. The van der Waals surface area contributed by atoms with Crippen molar-refractivity contribution >= 4 is 34.3 Å². The maximum absolute atomic E-state index is 7.19. The minimum absolute atomic E-state index is 0.0468. The van der Waals surface area contributed by atoms with Gasteiger partial charge in [-0.15, -0.1) is 0 Å². The monoisotopic (exact) mass is 416 g/mol. The fourth-order valence-corrected chi connectivity index (χ4v) is 10.5. The van der Waals surface area contributed by atoms with Crippen LogP contribution in [0.1, 0.15) is 11.7 Å². The summed E-state index contributed by atoms with van der Waals surface area (Å²) in [4.78, 5) is 0. The van der Waals surface area contributed by atoms with Gasteiger partial charge in [0.05, 0.1) is 0 Å². The van der Waals surface area contributed by atoms with Crippen LogP contribution in [-0.2, 0) is 4.52 Å². The van der Waals surface area contributed by atoms with Crippen LogP contribution < -0.4 is 15.9 Å². The molecule has 1 nitrogen and oxygen atoms in total. The van der Waals surface area contributed by atoms with Crippen LogP contribution >= 0.6 is 18.4 Å². The van der Waals surface area contributed by atoms with Gasteiger partial charge in [0.1, 0.15) is 0 Å². The topological polar surface area (TPSA) is 9.23 Å². The van der Waals surface area contributed by atoms with E-state index in [-0.39, 0.29) is 6.10 Å². The molecule has 0 N–H and O–H groups in total. The second kappa shape index (κ2) is 7.11. The molecular formula is C26H22ClOP. The number of halogens is 1. The quantitative estimate of drug-likeness (QED) is 0.379. The van der Waals surface area contributed by atoms with E-state index >= 15 is 0 Å². The van der Waals surface area contributed by atoms with Crippen molar-refractivity contribution < 1.29 is 4.52 Å². The number of hydrogen-bond acceptors (Lipinski definition) is 1. The molecule has 4 aromatic carbocycles. The van der Waals surface area contributed by atoms with Gasteiger partial charge < -0.3 is 0 Å². The van der Waals surface area contributed by atoms with Crippen LogP contribution in [0.2, 0.25) is 5.02 Å². The second-order valence-electron chi connectivity index (χ2n) is 7.55. The molecule has 5 rings (SSSR count). The summed E-state index contributed by atoms with van der Waals surface area (Å²) in [6.07, 6.45) is 0.996. The van der Waals surface area contributed by atoms with Gasteiger partial charge in [0.2, 0.25) is 0 Å². The van der Waals surface area contributed by atoms with Crippen molar-refractivity contribution in [3.05, 3.63) is 126 Å². The van der Waals surface area contributed by atoms with Crippen molar-refractivity contribution in [3.8, 4) is 0 Å². The maximum atomic E-state index is 7.19. The van der Waals surface area contributed by atoms with Crippen LogP contribution in [0, 0.1) is 0 Å². The summed E-state index contributed by atoms with van der Waals surface area (Å²) in [5, 5.41) is 4.59. The third kappa shape index (κ3) is 2.77. The predicted molar refractivity (Wildman–Crippen MR) is 125 cm³/mol. The standard InChI is InChI=1S/C26H22ClOP/c27-22-18-16-21(17-19-22)26-20-29(28-26,23-10-4-1-5-11-23,24-12-6-2-7-13-24)25-14-8-3-9-15-25/h1-19,26H,20H2. The van der Waals surface area contributed by atoms with Gasteiger partial charge in [-0.3, -0.25) is 0 Å². The molecule has 1 unspecified atom stereocenters. The normalized spacial score (nSPS) is 20.7. The van der Waals surface area contributed by atoms with Crippen molar-refractivity contribution in [2.45, 2.75) is 6.10 Å². The Balaban J connectivity index is 1.75. The molecule has 1 fully saturated rings. The van der Waals surface area contributed by atoms with E-state index in [2.05, 4.69) is 103 Å². The molecule has 29 heavy (non-hydrogen) atoms. The first-order valence-corrected chi connectivity index (χ1v) is 12.6. The van der Waals surface area contributed by atoms with Gasteiger partial charge in [0, 0.05) is 0 Å². The molecule has 1 heterocycles. The average Bonchev–Trinajstić information content (AvgIpc) is 2.77. The Morgan fingerprint density at radius 1 is 0.586 bits per heavy atom. The van der Waals surface area contributed by atoms with Crippen LogP contribution in [0.4, 0.5) is 0 Å².